The molecule has 0 spiro atoms. The van der Waals surface area contributed by atoms with Crippen LogP contribution >= 0.6 is 31.8 Å². The molecule has 0 aliphatic heterocycles. The highest BCUT2D eigenvalue weighted by atomic mass is 32.2. The van der Waals surface area contributed by atoms with Gasteiger partial charge >= 0.3 is 32.6 Å². The molecule has 0 aromatic carbocycles. The van der Waals surface area contributed by atoms with Crippen molar-refractivity contribution in [1.82, 2.24) is 31.9 Å². The molecule has 6 amide bonds. The number of hydrogen-bond donors (Lipinski definition) is 8. The summed E-state index contributed by atoms with van der Waals surface area (Å²) < 4.78 is 77.4. The Morgan fingerprint density at radius 1 is 0.330 bits per heavy atom. The van der Waals surface area contributed by atoms with Crippen LogP contribution in [0.25, 0.3) is 0 Å². The minimum absolute atomic E-state index is 0.0751. The van der Waals surface area contributed by atoms with Crippen LogP contribution < -0.4 is 43.4 Å². The standard InChI is InChI=1S/C64H127N8O19PS2/c1-5-9-13-17-21-25-29-69-61(75)86-49-55(90-63(77)71-31-27-23-19-15-11-7-3)51-93-53-57(65)59(73)67-33-35-80-37-39-82-41-43-84-45-47-88-92(79)89-48-46-85-44-42-83-40-38-81-36-34-68-60(74)58(66)54-94-52-56(91-64(78)72-32-28-24-20-16-12-8-4)50-87-62(76)70-30-26-22-18-14-10-6-2/h55-58,92H,5-54,65-66H2,1-4H3,(H,67,73)(H,68,74)(H,69,75)(H,70,76)(H,71,77)(H,72,78)/t55-,56-,57+,58+/m1/s1. The van der Waals surface area contributed by atoms with Gasteiger partial charge in [-0.05, 0) is 25.7 Å². The number of carbonyl (C=O) groups excluding carboxylic acids is 6. The van der Waals surface area contributed by atoms with Gasteiger partial charge in [-0.25, -0.2) is 19.2 Å². The van der Waals surface area contributed by atoms with Gasteiger partial charge in [-0.2, -0.15) is 23.5 Å². The van der Waals surface area contributed by atoms with Crippen molar-refractivity contribution < 1.29 is 89.7 Å². The van der Waals surface area contributed by atoms with Gasteiger partial charge in [0.25, 0.3) is 0 Å². The highest BCUT2D eigenvalue weighted by molar-refractivity contribution is 7.99. The topological polar surface area (TPSA) is 354 Å². The molecule has 554 valence electrons. The fraction of sp³-hybridized carbons (Fsp3) is 0.906. The van der Waals surface area contributed by atoms with E-state index in [1.54, 1.807) is 0 Å². The number of hydrogen-bond acceptors (Lipinski definition) is 23. The van der Waals surface area contributed by atoms with E-state index in [2.05, 4.69) is 59.6 Å². The van der Waals surface area contributed by atoms with E-state index >= 15 is 0 Å². The van der Waals surface area contributed by atoms with Crippen molar-refractivity contribution in [3.63, 3.8) is 0 Å². The van der Waals surface area contributed by atoms with Crippen molar-refractivity contribution in [3.8, 4) is 0 Å². The molecule has 0 saturated carbocycles. The predicted octanol–water partition coefficient (Wildman–Crippen LogP) is 8.95. The number of alkyl carbamates (subject to hydrolysis) is 4. The van der Waals surface area contributed by atoms with Gasteiger partial charge < -0.3 is 99.8 Å². The summed E-state index contributed by atoms with van der Waals surface area (Å²) in [6, 6.07) is -1.65. The SMILES string of the molecule is CCCCCCCCNC(=O)OC[C@H](CSC[C@H](N)C(=O)NCCOCCOCCOCCO[PH](=O)OCCOCCOCCOCCNC(=O)[C@@H](N)CSC[C@@H](COC(=O)NCCCCCCCC)OC(=O)NCCCCCCCC)OC(=O)NCCCCCCCC. The molecule has 4 atom stereocenters. The van der Waals surface area contributed by atoms with Gasteiger partial charge in [-0.1, -0.05) is 156 Å². The molecule has 0 aliphatic rings. The van der Waals surface area contributed by atoms with Crippen LogP contribution in [0.5, 0.6) is 0 Å². The molecule has 0 radical (unpaired) electrons. The van der Waals surface area contributed by atoms with Crippen LogP contribution in [0.15, 0.2) is 0 Å². The van der Waals surface area contributed by atoms with E-state index in [1.807, 2.05) is 0 Å². The van der Waals surface area contributed by atoms with E-state index in [4.69, 9.17) is 67.9 Å². The lowest BCUT2D eigenvalue weighted by Gasteiger charge is -2.19. The maximum Gasteiger partial charge on any atom is 0.407 e. The first kappa shape index (κ1) is 90.5. The number of unbranched alkanes of at least 4 members (excludes halogenated alkanes) is 20. The summed E-state index contributed by atoms with van der Waals surface area (Å²) in [5.74, 6) is 0.343. The van der Waals surface area contributed by atoms with Gasteiger partial charge in [0.1, 0.15) is 25.4 Å². The monoisotopic (exact) mass is 1410 g/mol. The van der Waals surface area contributed by atoms with Crippen molar-refractivity contribution in [2.75, 3.05) is 168 Å². The lowest BCUT2D eigenvalue weighted by molar-refractivity contribution is -0.122. The molecule has 0 bridgehead atoms. The van der Waals surface area contributed by atoms with E-state index in [-0.39, 0.29) is 114 Å². The van der Waals surface area contributed by atoms with Crippen molar-refractivity contribution in [2.45, 2.75) is 206 Å². The second kappa shape index (κ2) is 70.9. The highest BCUT2D eigenvalue weighted by Gasteiger charge is 2.22. The summed E-state index contributed by atoms with van der Waals surface area (Å²) in [7, 11) is -2.73. The number of nitrogens with one attached hydrogen (secondary N) is 6. The van der Waals surface area contributed by atoms with Crippen molar-refractivity contribution in [3.05, 3.63) is 0 Å². The van der Waals surface area contributed by atoms with E-state index < -0.39 is 56.9 Å². The molecular formula is C64H127N8O19PS2. The Bertz CT molecular complexity index is 1700. The Labute approximate surface area is 572 Å². The Morgan fingerprint density at radius 3 is 0.904 bits per heavy atom. The van der Waals surface area contributed by atoms with Crippen LogP contribution in [0.4, 0.5) is 19.2 Å². The van der Waals surface area contributed by atoms with Crippen LogP contribution in [0.1, 0.15) is 182 Å². The molecule has 27 nitrogen and oxygen atoms in total. The van der Waals surface area contributed by atoms with Crippen molar-refractivity contribution >= 4 is 68.0 Å². The Morgan fingerprint density at radius 2 is 0.596 bits per heavy atom. The van der Waals surface area contributed by atoms with E-state index in [0.717, 1.165) is 77.0 Å². The zero-order chi connectivity index (χ0) is 68.8. The molecule has 94 heavy (non-hydrogen) atoms. The third-order valence-corrected chi connectivity index (χ3v) is 17.2. The molecule has 10 N–H and O–H groups in total. The molecule has 30 heteroatoms. The Hall–Kier alpha value is -3.45. The van der Waals surface area contributed by atoms with Crippen LogP contribution in [0.3, 0.4) is 0 Å². The second-order valence-corrected chi connectivity index (χ2v) is 25.7. The smallest absolute Gasteiger partial charge is 0.407 e. The minimum atomic E-state index is -2.73. The zero-order valence-electron chi connectivity index (χ0n) is 57.9. The number of nitrogens with two attached hydrogens (primary N) is 2. The van der Waals surface area contributed by atoms with Gasteiger partial charge in [-0.3, -0.25) is 14.2 Å². The van der Waals surface area contributed by atoms with Crippen LogP contribution in [0, 0.1) is 0 Å². The van der Waals surface area contributed by atoms with E-state index in [1.165, 1.54) is 101 Å². The summed E-state index contributed by atoms with van der Waals surface area (Å²) >= 11 is 2.65. The summed E-state index contributed by atoms with van der Waals surface area (Å²) in [5, 5.41) is 16.6. The van der Waals surface area contributed by atoms with Crippen LogP contribution in [0.2, 0.25) is 0 Å². The fourth-order valence-electron chi connectivity index (χ4n) is 8.49. The fourth-order valence-corrected chi connectivity index (χ4v) is 11.0. The number of thioether (sulfide) groups is 2. The van der Waals surface area contributed by atoms with Gasteiger partial charge in [0.15, 0.2) is 0 Å². The molecule has 0 saturated heterocycles. The number of amides is 6. The van der Waals surface area contributed by atoms with Gasteiger partial charge in [-0.15, -0.1) is 0 Å². The zero-order valence-corrected chi connectivity index (χ0v) is 60.5. The third kappa shape index (κ3) is 64.5. The molecular weight excluding hydrogens is 1280 g/mol. The normalized spacial score (nSPS) is 12.6. The molecule has 0 fully saturated rings. The molecule has 0 aromatic rings. The summed E-state index contributed by atoms with van der Waals surface area (Å²) in [5.41, 5.74) is 12.3. The summed E-state index contributed by atoms with van der Waals surface area (Å²) in [6.45, 7) is 14.4. The summed E-state index contributed by atoms with van der Waals surface area (Å²) in [6.07, 6.45) is 22.5. The van der Waals surface area contributed by atoms with Crippen molar-refractivity contribution in [2.24, 2.45) is 11.5 Å². The first-order valence-electron chi connectivity index (χ1n) is 35.0. The average Bonchev–Trinajstić information content (AvgIpc) is 2.98. The maximum absolute atomic E-state index is 12.6. The quantitative estimate of drug-likeness (QED) is 0.0160. The second-order valence-electron chi connectivity index (χ2n) is 22.5. The van der Waals surface area contributed by atoms with E-state index in [9.17, 15) is 33.3 Å². The highest BCUT2D eigenvalue weighted by Crippen LogP contribution is 2.23. The number of ether oxygens (including phenoxy) is 10. The minimum Gasteiger partial charge on any atom is -0.446 e. The molecule has 0 unspecified atom stereocenters. The average molecular weight is 1410 g/mol. The molecule has 0 rings (SSSR count). The van der Waals surface area contributed by atoms with Crippen LogP contribution in [-0.2, 0) is 70.6 Å². The predicted molar refractivity (Wildman–Crippen MR) is 371 cm³/mol. The first-order valence-corrected chi connectivity index (χ1v) is 38.6. The molecule has 0 heterocycles. The lowest BCUT2D eigenvalue weighted by atomic mass is 10.1. The number of carbonyl (C=O) groups is 6. The van der Waals surface area contributed by atoms with Crippen molar-refractivity contribution in [1.29, 1.82) is 0 Å². The van der Waals surface area contributed by atoms with E-state index in [0.29, 0.717) is 65.8 Å². The van der Waals surface area contributed by atoms with Gasteiger partial charge in [0.05, 0.1) is 105 Å². The van der Waals surface area contributed by atoms with Crippen LogP contribution in [-0.4, -0.2) is 228 Å². The maximum atomic E-state index is 12.6. The van der Waals surface area contributed by atoms with Gasteiger partial charge in [0, 0.05) is 62.3 Å². The lowest BCUT2D eigenvalue weighted by Crippen LogP contribution is -2.43. The number of rotatable bonds is 70. The first-order chi connectivity index (χ1) is 45.9. The third-order valence-electron chi connectivity index (χ3n) is 13.9. The Kier molecular flexibility index (Phi) is 68.3. The summed E-state index contributed by atoms with van der Waals surface area (Å²) in [4.78, 5) is 75.2. The molecule has 0 aliphatic carbocycles. The Balaban J connectivity index is 4.06. The largest absolute Gasteiger partial charge is 0.446 e. The molecule has 0 aromatic heterocycles. The van der Waals surface area contributed by atoms with Gasteiger partial charge in [0.2, 0.25) is 11.8 Å².